The van der Waals surface area contributed by atoms with Crippen LogP contribution < -0.4 is 0 Å². The van der Waals surface area contributed by atoms with Crippen LogP contribution in [0.2, 0.25) is 54.4 Å². The Morgan fingerprint density at radius 3 is 2.02 bits per heavy atom. The fraction of sp³-hybridized carbons (Fsp3) is 0.746. The van der Waals surface area contributed by atoms with E-state index in [1.165, 1.54) is 0 Å². The summed E-state index contributed by atoms with van der Waals surface area (Å²) in [5.74, 6) is -2.91. The Morgan fingerprint density at radius 1 is 0.761 bits per heavy atom. The molecule has 0 N–H and O–H groups in total. The van der Waals surface area contributed by atoms with Gasteiger partial charge in [0.2, 0.25) is 0 Å². The van der Waals surface area contributed by atoms with E-state index in [9.17, 15) is 4.79 Å². The zero-order chi connectivity index (χ0) is 66.9. The molecule has 516 valence electrons. The summed E-state index contributed by atoms with van der Waals surface area (Å²) in [6.07, 6.45) is -2.51. The summed E-state index contributed by atoms with van der Waals surface area (Å²) in [5, 5.41) is -1.83. The molecule has 92 heavy (non-hydrogen) atoms. The van der Waals surface area contributed by atoms with Gasteiger partial charge in [0.05, 0.1) is 72.0 Å². The first-order valence-corrected chi connectivity index (χ1v) is 45.2. The van der Waals surface area contributed by atoms with Crippen LogP contribution in [0.25, 0.3) is 0 Å². The van der Waals surface area contributed by atoms with E-state index >= 15 is 13.2 Å². The molecule has 0 amide bonds. The maximum Gasteiger partial charge on any atom is 0.338 e. The zero-order valence-corrected chi connectivity index (χ0v) is 63.3. The molecule has 19 atom stereocenters. The molecule has 8 aliphatic heterocycles. The molecule has 0 aliphatic carbocycles. The van der Waals surface area contributed by atoms with Crippen molar-refractivity contribution in [2.75, 3.05) is 20.3 Å². The number of benzene rings is 2. The van der Waals surface area contributed by atoms with Crippen LogP contribution >= 0.6 is 15.9 Å². The van der Waals surface area contributed by atoms with Gasteiger partial charge in [-0.3, -0.25) is 4.79 Å². The Bertz CT molecular complexity index is 2930. The number of rotatable bonds is 31. The van der Waals surface area contributed by atoms with Crippen molar-refractivity contribution in [1.29, 1.82) is 0 Å². The molecule has 8 fully saturated rings. The van der Waals surface area contributed by atoms with Crippen molar-refractivity contribution < 1.29 is 73.9 Å². The Morgan fingerprint density at radius 2 is 1.39 bits per heavy atom. The number of hydrogen-bond donors (Lipinski definition) is 0. The molecule has 1 unspecified atom stereocenters. The molecule has 0 spiro atoms. The van der Waals surface area contributed by atoms with Crippen LogP contribution in [0.3, 0.4) is 0 Å². The number of esters is 1. The SMILES string of the molecule is C=C(Br)CC(CC[C@@]12C[C@H]3O[C@H]4[C@@H](O1)[C@H]1O[C@@H](CC(=O)[C@@H]([C@@H]5[C@@H](OC)[C@@H](C[C@@H](CO[Si](C)(C)C(C)(C)C)O[Si](C)(C)C(C)(C)C)O[C@H]5C[C@H]5O[C@@H](CCCO[Si](CC)(CC)CC)C[C@@H](C)C5=C)S(=O)(=O)c5ccccc5)CC[C@@H]1O[C@H]4[C@H]3O2)OC(=O)c1ccccc1. The first-order chi connectivity index (χ1) is 43.3. The summed E-state index contributed by atoms with van der Waals surface area (Å²) in [6, 6.07) is 20.5. The molecular weight excluding hydrogens is 1300 g/mol. The minimum atomic E-state index is -4.48. The first kappa shape index (κ1) is 73.9. The van der Waals surface area contributed by atoms with Gasteiger partial charge in [0.25, 0.3) is 0 Å². The van der Waals surface area contributed by atoms with Crippen LogP contribution in [0, 0.1) is 11.8 Å². The van der Waals surface area contributed by atoms with Crippen molar-refractivity contribution in [3.05, 3.63) is 89.4 Å². The van der Waals surface area contributed by atoms with Crippen LogP contribution in [-0.2, 0) is 70.5 Å². The Labute approximate surface area is 562 Å². The third-order valence-corrected chi connectivity index (χ3v) is 38.8. The number of methoxy groups -OCH3 is 1. The third-order valence-electron chi connectivity index (χ3n) is 22.6. The highest BCUT2D eigenvalue weighted by Gasteiger charge is 2.69. The van der Waals surface area contributed by atoms with E-state index in [0.29, 0.717) is 68.2 Å². The summed E-state index contributed by atoms with van der Waals surface area (Å²) in [5.41, 5.74) is 1.37. The van der Waals surface area contributed by atoms with Gasteiger partial charge in [0, 0.05) is 58.2 Å². The summed E-state index contributed by atoms with van der Waals surface area (Å²) in [4.78, 5) is 29.6. The minimum absolute atomic E-state index is 0.0331. The number of fused-ring (bicyclic) bond motifs is 1. The van der Waals surface area contributed by atoms with E-state index in [4.69, 9.17) is 55.9 Å². The summed E-state index contributed by atoms with van der Waals surface area (Å²) < 4.78 is 116. The lowest BCUT2D eigenvalue weighted by atomic mass is 9.81. The molecule has 8 aliphatic rings. The van der Waals surface area contributed by atoms with E-state index < -0.39 is 137 Å². The lowest BCUT2D eigenvalue weighted by Crippen LogP contribution is -2.62. The van der Waals surface area contributed by atoms with Crippen LogP contribution in [0.4, 0.5) is 0 Å². The van der Waals surface area contributed by atoms with Gasteiger partial charge in [-0.15, -0.1) is 0 Å². The van der Waals surface area contributed by atoms with Crippen molar-refractivity contribution in [1.82, 2.24) is 0 Å². The second-order valence-corrected chi connectivity index (χ2v) is 48.2. The van der Waals surface area contributed by atoms with Gasteiger partial charge < -0.3 is 55.9 Å². The molecular formula is C71H111BrO16SSi3. The molecule has 8 saturated heterocycles. The topological polar surface area (TPSA) is 179 Å². The van der Waals surface area contributed by atoms with Crippen LogP contribution in [0.5, 0.6) is 0 Å². The average Bonchev–Trinajstić information content (AvgIpc) is 1.54. The Hall–Kier alpha value is -2.30. The van der Waals surface area contributed by atoms with E-state index in [2.05, 4.69) is 125 Å². The van der Waals surface area contributed by atoms with Gasteiger partial charge in [0.1, 0.15) is 41.9 Å². The smallest absolute Gasteiger partial charge is 0.338 e. The maximum atomic E-state index is 16.1. The van der Waals surface area contributed by atoms with E-state index in [1.807, 2.05) is 6.07 Å². The predicted molar refractivity (Wildman–Crippen MR) is 368 cm³/mol. The Kier molecular flexibility index (Phi) is 24.1. The fourth-order valence-corrected chi connectivity index (χ4v) is 22.3. The third kappa shape index (κ3) is 16.5. The number of hydrogen-bond acceptors (Lipinski definition) is 16. The van der Waals surface area contributed by atoms with Crippen molar-refractivity contribution in [3.63, 3.8) is 0 Å². The quantitative estimate of drug-likeness (QED) is 0.0301. The van der Waals surface area contributed by atoms with Crippen LogP contribution in [0.15, 0.2) is 88.8 Å². The molecule has 0 aromatic heterocycles. The summed E-state index contributed by atoms with van der Waals surface area (Å²) in [7, 11) is -9.42. The van der Waals surface area contributed by atoms with Gasteiger partial charge in [-0.1, -0.05) is 135 Å². The second kappa shape index (κ2) is 30.0. The van der Waals surface area contributed by atoms with E-state index in [-0.39, 0.29) is 52.0 Å². The van der Waals surface area contributed by atoms with E-state index in [1.54, 1.807) is 61.7 Å². The molecule has 21 heteroatoms. The Balaban J connectivity index is 1.02. The molecule has 2 aromatic rings. The zero-order valence-electron chi connectivity index (χ0n) is 57.9. The fourth-order valence-electron chi connectivity index (χ4n) is 14.9. The highest BCUT2D eigenvalue weighted by molar-refractivity contribution is 9.11. The van der Waals surface area contributed by atoms with Gasteiger partial charge in [-0.2, -0.15) is 0 Å². The van der Waals surface area contributed by atoms with Crippen molar-refractivity contribution in [3.8, 4) is 0 Å². The summed E-state index contributed by atoms with van der Waals surface area (Å²) in [6.45, 7) is 41.0. The first-order valence-electron chi connectivity index (χ1n) is 34.5. The number of ketones is 1. The van der Waals surface area contributed by atoms with Crippen molar-refractivity contribution in [2.45, 2.75) is 308 Å². The highest BCUT2D eigenvalue weighted by Crippen LogP contribution is 2.55. The molecule has 16 nitrogen and oxygen atoms in total. The number of Topliss-reactive ketones (excluding diaryl/α,β-unsaturated/α-hetero) is 1. The molecule has 10 rings (SSSR count). The lowest BCUT2D eigenvalue weighted by Gasteiger charge is -2.47. The molecule has 0 radical (unpaired) electrons. The second-order valence-electron chi connectivity index (χ2n) is 30.7. The minimum Gasteiger partial charge on any atom is -0.458 e. The highest BCUT2D eigenvalue weighted by atomic mass is 79.9. The van der Waals surface area contributed by atoms with Gasteiger partial charge in [-0.25, -0.2) is 13.2 Å². The largest absolute Gasteiger partial charge is 0.458 e. The standard InChI is InChI=1S/C71H111BrO16SSi3/c1-18-92(19-2,20-3)78-37-27-30-49-38-45(4)47(6)56(80-49)42-57-60(61(77-13)58(83-57)41-52(88-91(16,17)70(10,11)12)44-79-90(14,15)69(7,8)9)67(89(75,76)53-31-25-22-26-32-53)54(73)40-50-33-34-55-62(81-50)66-65-64(84-55)63-59(85-65)43-71(86-63,87-66)36-35-51(39-46(5)72)82-68(74)48-28-23-21-24-29-48/h21-26,28-29,31-32,45,49-52,55-67H,5-6,18-20,27,30,33-44H2,1-4,7-17H3/t45-,49+,50-,51?,52+,55+,56-,57+,58-,59-,60+,61+,62+,63+,64+,65-,66+,67+,71+/m1/s1. The van der Waals surface area contributed by atoms with Crippen LogP contribution in [0.1, 0.15) is 157 Å². The molecule has 2 aromatic carbocycles. The van der Waals surface area contributed by atoms with Gasteiger partial charge in [-0.05, 0) is 133 Å². The van der Waals surface area contributed by atoms with Crippen LogP contribution in [-0.4, -0.2) is 168 Å². The molecule has 6 bridgehead atoms. The lowest BCUT2D eigenvalue weighted by molar-refractivity contribution is -0.292. The number of halogens is 1. The number of carbonyl (C=O) groups is 2. The average molecular weight is 1420 g/mol. The number of ether oxygens (including phenoxy) is 9. The van der Waals surface area contributed by atoms with Gasteiger partial charge >= 0.3 is 5.97 Å². The number of carbonyl (C=O) groups excluding carboxylic acids is 2. The van der Waals surface area contributed by atoms with Crippen molar-refractivity contribution in [2.24, 2.45) is 11.8 Å². The predicted octanol–water partition coefficient (Wildman–Crippen LogP) is 14.8. The van der Waals surface area contributed by atoms with Gasteiger partial charge in [0.15, 0.2) is 46.4 Å². The van der Waals surface area contributed by atoms with E-state index in [0.717, 1.165) is 43.0 Å². The maximum absolute atomic E-state index is 16.1. The normalized spacial score (nSPS) is 32.7. The monoisotopic (exact) mass is 1410 g/mol. The summed E-state index contributed by atoms with van der Waals surface area (Å²) >= 11 is 3.51. The molecule has 0 saturated carbocycles. The van der Waals surface area contributed by atoms with Crippen molar-refractivity contribution >= 4 is 62.5 Å². The molecule has 8 heterocycles. The number of sulfone groups is 1.